The number of methoxy groups -OCH3 is 1. The van der Waals surface area contributed by atoms with Crippen molar-refractivity contribution in [3.63, 3.8) is 0 Å². The van der Waals surface area contributed by atoms with Gasteiger partial charge in [0.1, 0.15) is 5.75 Å². The van der Waals surface area contributed by atoms with Gasteiger partial charge < -0.3 is 20.1 Å². The molecular formula is C20H34FeN3O4+2. The van der Waals surface area contributed by atoms with Crippen LogP contribution in [0.3, 0.4) is 0 Å². The third-order valence-corrected chi connectivity index (χ3v) is 4.90. The number of ether oxygens (including phenoxy) is 1. The van der Waals surface area contributed by atoms with Crippen molar-refractivity contribution >= 4 is 0 Å². The van der Waals surface area contributed by atoms with Crippen LogP contribution in [0.2, 0.25) is 0 Å². The summed E-state index contributed by atoms with van der Waals surface area (Å²) in [4.78, 5) is 6.77. The fourth-order valence-electron chi connectivity index (χ4n) is 3.50. The van der Waals surface area contributed by atoms with Gasteiger partial charge in [0.15, 0.2) is 0 Å². The number of nitrogens with zero attached hydrogens (tertiary/aromatic N) is 3. The van der Waals surface area contributed by atoms with Gasteiger partial charge in [-0.25, -0.2) is 0 Å². The summed E-state index contributed by atoms with van der Waals surface area (Å²) >= 11 is 0. The molecule has 1 heterocycles. The summed E-state index contributed by atoms with van der Waals surface area (Å²) in [6.07, 6.45) is -0.757. The normalized spacial score (nSPS) is 19.8. The van der Waals surface area contributed by atoms with E-state index in [0.29, 0.717) is 25.4 Å². The first kappa shape index (κ1) is 25.2. The molecule has 0 spiro atoms. The molecule has 2 N–H and O–H groups in total. The Balaban J connectivity index is 0.00000392. The molecule has 1 saturated heterocycles. The van der Waals surface area contributed by atoms with Gasteiger partial charge in [-0.15, -0.1) is 5.75 Å². The first-order valence-corrected chi connectivity index (χ1v) is 9.74. The smallest absolute Gasteiger partial charge is 0.872 e. The first-order valence-electron chi connectivity index (χ1n) is 9.74. The molecule has 0 aliphatic carbocycles. The molecule has 0 aromatic heterocycles. The molecule has 1 fully saturated rings. The Morgan fingerprint density at radius 2 is 1.39 bits per heavy atom. The van der Waals surface area contributed by atoms with Crippen LogP contribution in [0.25, 0.3) is 0 Å². The van der Waals surface area contributed by atoms with Crippen molar-refractivity contribution in [2.24, 2.45) is 0 Å². The zero-order valence-corrected chi connectivity index (χ0v) is 18.3. The summed E-state index contributed by atoms with van der Waals surface area (Å²) in [5.41, 5.74) is 0.734. The van der Waals surface area contributed by atoms with Crippen molar-refractivity contribution in [3.8, 4) is 11.5 Å². The van der Waals surface area contributed by atoms with Crippen LogP contribution in [0, 0.1) is 0 Å². The predicted molar refractivity (Wildman–Crippen MR) is 104 cm³/mol. The summed E-state index contributed by atoms with van der Waals surface area (Å²) in [5, 5.41) is 31.8. The van der Waals surface area contributed by atoms with E-state index in [2.05, 4.69) is 14.7 Å². The molecule has 7 nitrogen and oxygen atoms in total. The number of benzene rings is 1. The number of rotatable bonds is 7. The average molecular weight is 436 g/mol. The van der Waals surface area contributed by atoms with Crippen molar-refractivity contribution < 1.29 is 37.1 Å². The van der Waals surface area contributed by atoms with Crippen LogP contribution in [-0.4, -0.2) is 96.6 Å². The fourth-order valence-corrected chi connectivity index (χ4v) is 3.50. The second-order valence-electron chi connectivity index (χ2n) is 7.55. The Morgan fingerprint density at radius 1 is 0.929 bits per heavy atom. The second kappa shape index (κ2) is 12.6. The van der Waals surface area contributed by atoms with Crippen molar-refractivity contribution in [3.05, 3.63) is 23.8 Å². The van der Waals surface area contributed by atoms with Crippen molar-refractivity contribution in [2.75, 3.05) is 59.5 Å². The van der Waals surface area contributed by atoms with Crippen molar-refractivity contribution in [2.45, 2.75) is 32.6 Å². The van der Waals surface area contributed by atoms with Crippen LogP contribution in [0.1, 0.15) is 19.4 Å². The Bertz CT molecular complexity index is 552. The fraction of sp³-hybridized carbons (Fsp3) is 0.700. The molecule has 0 unspecified atom stereocenters. The number of hydrogen-bond acceptors (Lipinski definition) is 7. The van der Waals surface area contributed by atoms with Crippen molar-refractivity contribution in [1.82, 2.24) is 14.7 Å². The molecule has 1 aliphatic rings. The molecule has 28 heavy (non-hydrogen) atoms. The van der Waals surface area contributed by atoms with E-state index < -0.39 is 0 Å². The number of β-amino-alcohol motifs (C(OH)–C–C–N with tert-alkyl or cyclic N) is 2. The van der Waals surface area contributed by atoms with Gasteiger partial charge in [0, 0.05) is 58.9 Å². The van der Waals surface area contributed by atoms with Crippen LogP contribution in [0.4, 0.5) is 0 Å². The monoisotopic (exact) mass is 436 g/mol. The van der Waals surface area contributed by atoms with Gasteiger partial charge in [0.25, 0.3) is 0 Å². The molecule has 1 aromatic carbocycles. The predicted octanol–water partition coefficient (Wildman–Crippen LogP) is -0.0525. The quantitative estimate of drug-likeness (QED) is 0.580. The molecule has 0 saturated carbocycles. The third kappa shape index (κ3) is 8.66. The maximum atomic E-state index is 12.2. The second-order valence-corrected chi connectivity index (χ2v) is 7.55. The molecule has 1 aromatic rings. The molecule has 1 radical (unpaired) electrons. The van der Waals surface area contributed by atoms with Crippen LogP contribution in [-0.2, 0) is 23.6 Å². The van der Waals surface area contributed by atoms with Crippen LogP contribution in [0.5, 0.6) is 11.5 Å². The summed E-state index contributed by atoms with van der Waals surface area (Å²) in [7, 11) is 1.60. The number of aliphatic hydroxyl groups is 2. The van der Waals surface area contributed by atoms with Crippen LogP contribution < -0.4 is 9.84 Å². The van der Waals surface area contributed by atoms with E-state index >= 15 is 0 Å². The SMILES string of the molecule is COc1ccc([O-])c(CN2CCN(C[C@H](C)O)CCN(C[C@H](C)O)CC2)c1.[Fe+3]. The van der Waals surface area contributed by atoms with E-state index in [4.69, 9.17) is 4.74 Å². The minimum Gasteiger partial charge on any atom is -0.872 e. The van der Waals surface area contributed by atoms with Gasteiger partial charge in [-0.2, -0.15) is 0 Å². The van der Waals surface area contributed by atoms with Gasteiger partial charge in [-0.3, -0.25) is 14.7 Å². The average Bonchev–Trinajstić information content (AvgIpc) is 2.69. The molecule has 0 bridgehead atoms. The summed E-state index contributed by atoms with van der Waals surface area (Å²) < 4.78 is 5.26. The Kier molecular flexibility index (Phi) is 11.4. The zero-order valence-electron chi connectivity index (χ0n) is 17.2. The first-order chi connectivity index (χ1) is 12.9. The Morgan fingerprint density at radius 3 is 1.82 bits per heavy atom. The standard InChI is InChI=1S/C20H35N3O4.Fe/c1-16(24)13-21-6-7-22(14-17(2)25)9-11-23(10-8-21)15-18-12-19(27-3)4-5-20(18)26;/h4-5,12,16-17,24-26H,6-11,13-15H2,1-3H3;/q;+3/p-1/t16-,17-;/m0./s1. The molecule has 1 aliphatic heterocycles. The van der Waals surface area contributed by atoms with Gasteiger partial charge in [-0.1, -0.05) is 6.07 Å². The molecule has 159 valence electrons. The van der Waals surface area contributed by atoms with E-state index in [1.165, 1.54) is 0 Å². The number of aliphatic hydroxyl groups excluding tert-OH is 2. The van der Waals surface area contributed by atoms with E-state index in [0.717, 1.165) is 44.8 Å². The van der Waals surface area contributed by atoms with Gasteiger partial charge in [0.05, 0.1) is 19.3 Å². The summed E-state index contributed by atoms with van der Waals surface area (Å²) in [6, 6.07) is 5.07. The van der Waals surface area contributed by atoms with E-state index in [-0.39, 0.29) is 35.0 Å². The van der Waals surface area contributed by atoms with Gasteiger partial charge in [0.2, 0.25) is 0 Å². The number of hydrogen-bond donors (Lipinski definition) is 2. The van der Waals surface area contributed by atoms with E-state index in [1.807, 2.05) is 6.07 Å². The third-order valence-electron chi connectivity index (χ3n) is 4.90. The van der Waals surface area contributed by atoms with E-state index in [9.17, 15) is 15.3 Å². The van der Waals surface area contributed by atoms with Crippen LogP contribution >= 0.6 is 0 Å². The Labute approximate surface area is 179 Å². The topological polar surface area (TPSA) is 82.5 Å². The molecule has 2 rings (SSSR count). The van der Waals surface area contributed by atoms with Gasteiger partial charge >= 0.3 is 17.1 Å². The molecular weight excluding hydrogens is 402 g/mol. The summed E-state index contributed by atoms with van der Waals surface area (Å²) in [5.74, 6) is 0.720. The molecule has 8 heteroatoms. The Hall–Kier alpha value is -0.861. The van der Waals surface area contributed by atoms with Gasteiger partial charge in [-0.05, 0) is 31.5 Å². The molecule has 0 amide bonds. The zero-order chi connectivity index (χ0) is 19.8. The maximum Gasteiger partial charge on any atom is 3.00 e. The maximum absolute atomic E-state index is 12.2. The minimum atomic E-state index is -0.379. The summed E-state index contributed by atoms with van der Waals surface area (Å²) in [6.45, 7) is 10.5. The minimum absolute atomic E-state index is 0. The molecule has 2 atom stereocenters. The largest absolute Gasteiger partial charge is 3.00 e. The van der Waals surface area contributed by atoms with Crippen molar-refractivity contribution in [1.29, 1.82) is 0 Å². The van der Waals surface area contributed by atoms with Crippen LogP contribution in [0.15, 0.2) is 18.2 Å². The van der Waals surface area contributed by atoms with E-state index in [1.54, 1.807) is 33.1 Å².